The summed E-state index contributed by atoms with van der Waals surface area (Å²) >= 11 is 1.79. The highest BCUT2D eigenvalue weighted by Crippen LogP contribution is 2.43. The van der Waals surface area contributed by atoms with E-state index in [0.717, 1.165) is 71.5 Å². The monoisotopic (exact) mass is 820 g/mol. The largest absolute Gasteiger partial charge is 0.456 e. The number of rotatable bonds is 4. The molecule has 292 valence electrons. The lowest BCUT2D eigenvalue weighted by atomic mass is 9.97. The maximum atomic E-state index is 6.72. The van der Waals surface area contributed by atoms with Crippen LogP contribution in [-0.4, -0.2) is 19.5 Å². The van der Waals surface area contributed by atoms with Crippen LogP contribution in [-0.2, 0) is 0 Å². The van der Waals surface area contributed by atoms with Crippen molar-refractivity contribution < 1.29 is 4.42 Å². The number of hydrogen-bond acceptors (Lipinski definition) is 5. The van der Waals surface area contributed by atoms with Crippen LogP contribution in [0.4, 0.5) is 0 Å². The fraction of sp³-hybridized carbons (Fsp3) is 0. The predicted octanol–water partition coefficient (Wildman–Crippen LogP) is 15.7. The van der Waals surface area contributed by atoms with Crippen molar-refractivity contribution in [2.45, 2.75) is 0 Å². The van der Waals surface area contributed by atoms with Crippen LogP contribution in [0, 0.1) is 0 Å². The van der Waals surface area contributed by atoms with Gasteiger partial charge in [0, 0.05) is 64.1 Å². The Morgan fingerprint density at radius 3 is 1.86 bits per heavy atom. The molecule has 6 heteroatoms. The zero-order valence-corrected chi connectivity index (χ0v) is 34.4. The van der Waals surface area contributed by atoms with Crippen molar-refractivity contribution in [2.75, 3.05) is 0 Å². The van der Waals surface area contributed by atoms with Gasteiger partial charge in [0.25, 0.3) is 0 Å². The standard InChI is InChI=1S/C57H32N4OS/c1-2-12-34-27-37(22-21-33(34)11-1)55-58-56(38-23-25-43-42-16-7-10-20-52(42)63-53(43)30-38)60-57(59-55)47-32-51-54(44-17-6-9-19-50(44)62-51)46-31-39(24-26-40(46)47)61-48-18-8-5-15-41(48)45-28-35-13-3-4-14-36(35)29-49(45)61/h1-32H. The topological polar surface area (TPSA) is 56.7 Å². The quantitative estimate of drug-likeness (QED) is 0.177. The number of aromatic nitrogens is 4. The molecule has 0 atom stereocenters. The Kier molecular flexibility index (Phi) is 7.21. The van der Waals surface area contributed by atoms with E-state index < -0.39 is 0 Å². The van der Waals surface area contributed by atoms with Gasteiger partial charge in [-0.3, -0.25) is 0 Å². The first-order valence-corrected chi connectivity index (χ1v) is 22.0. The molecule has 0 bridgehead atoms. The summed E-state index contributed by atoms with van der Waals surface area (Å²) in [6.45, 7) is 0. The maximum absolute atomic E-state index is 6.72. The van der Waals surface area contributed by atoms with E-state index in [1.807, 2.05) is 12.1 Å². The molecule has 14 rings (SSSR count). The zero-order valence-electron chi connectivity index (χ0n) is 33.6. The molecule has 0 aliphatic heterocycles. The van der Waals surface area contributed by atoms with Gasteiger partial charge in [-0.1, -0.05) is 133 Å². The fourth-order valence-electron chi connectivity index (χ4n) is 9.83. The average molecular weight is 821 g/mol. The van der Waals surface area contributed by atoms with Gasteiger partial charge in [-0.15, -0.1) is 11.3 Å². The highest BCUT2D eigenvalue weighted by molar-refractivity contribution is 7.25. The SMILES string of the molecule is c1ccc2cc(-c3nc(-c4ccc5c(c4)sc4ccccc45)nc(-c4cc5oc6ccccc6c5c5cc(-n6c7ccccc7c7cc8ccccc8cc76)ccc45)n3)ccc2c1. The van der Waals surface area contributed by atoms with Gasteiger partial charge in [-0.05, 0) is 93.0 Å². The lowest BCUT2D eigenvalue weighted by Gasteiger charge is -2.14. The van der Waals surface area contributed by atoms with Gasteiger partial charge < -0.3 is 8.98 Å². The van der Waals surface area contributed by atoms with Gasteiger partial charge in [0.1, 0.15) is 11.2 Å². The Morgan fingerprint density at radius 2 is 1.00 bits per heavy atom. The van der Waals surface area contributed by atoms with Crippen molar-refractivity contribution in [3.63, 3.8) is 0 Å². The highest BCUT2D eigenvalue weighted by Gasteiger charge is 2.21. The first-order valence-electron chi connectivity index (χ1n) is 21.2. The molecule has 0 unspecified atom stereocenters. The number of thiophene rings is 1. The van der Waals surface area contributed by atoms with E-state index in [0.29, 0.717) is 17.5 Å². The molecular weight excluding hydrogens is 789 g/mol. The van der Waals surface area contributed by atoms with E-state index >= 15 is 0 Å². The molecule has 0 N–H and O–H groups in total. The molecule has 0 fully saturated rings. The molecule has 14 aromatic rings. The minimum absolute atomic E-state index is 0.586. The lowest BCUT2D eigenvalue weighted by molar-refractivity contribution is 0.669. The van der Waals surface area contributed by atoms with Gasteiger partial charge >= 0.3 is 0 Å². The average Bonchev–Trinajstić information content (AvgIpc) is 4.01. The summed E-state index contributed by atoms with van der Waals surface area (Å²) in [4.78, 5) is 15.9. The Bertz CT molecular complexity index is 4230. The van der Waals surface area contributed by atoms with Crippen LogP contribution in [0.3, 0.4) is 0 Å². The predicted molar refractivity (Wildman–Crippen MR) is 263 cm³/mol. The molecule has 0 radical (unpaired) electrons. The molecule has 0 amide bonds. The molecule has 63 heavy (non-hydrogen) atoms. The second-order valence-corrected chi connectivity index (χ2v) is 17.5. The third-order valence-corrected chi connectivity index (χ3v) is 13.9. The van der Waals surface area contributed by atoms with Crippen molar-refractivity contribution in [2.24, 2.45) is 0 Å². The van der Waals surface area contributed by atoms with Crippen LogP contribution in [0.15, 0.2) is 199 Å². The molecule has 0 saturated heterocycles. The number of furan rings is 1. The Hall–Kier alpha value is -8.19. The summed E-state index contributed by atoms with van der Waals surface area (Å²) in [7, 11) is 0. The molecule has 0 spiro atoms. The van der Waals surface area contributed by atoms with Crippen LogP contribution in [0.1, 0.15) is 0 Å². The second-order valence-electron chi connectivity index (χ2n) is 16.4. The maximum Gasteiger partial charge on any atom is 0.164 e. The summed E-state index contributed by atoms with van der Waals surface area (Å²) in [6, 6.07) is 69.2. The van der Waals surface area contributed by atoms with Crippen LogP contribution in [0.5, 0.6) is 0 Å². The van der Waals surface area contributed by atoms with Gasteiger partial charge in [0.15, 0.2) is 17.5 Å². The summed E-state index contributed by atoms with van der Waals surface area (Å²) < 4.78 is 11.6. The summed E-state index contributed by atoms with van der Waals surface area (Å²) in [5.41, 5.74) is 7.75. The molecule has 0 saturated carbocycles. The minimum Gasteiger partial charge on any atom is -0.456 e. The smallest absolute Gasteiger partial charge is 0.164 e. The third-order valence-electron chi connectivity index (χ3n) is 12.8. The summed E-state index contributed by atoms with van der Waals surface area (Å²) in [5, 5.41) is 13.9. The van der Waals surface area contributed by atoms with Crippen molar-refractivity contribution >= 4 is 108 Å². The van der Waals surface area contributed by atoms with Gasteiger partial charge in [0.05, 0.1) is 11.0 Å². The first-order chi connectivity index (χ1) is 31.2. The number of benzene rings is 10. The van der Waals surface area contributed by atoms with Gasteiger partial charge in [0.2, 0.25) is 0 Å². The number of fused-ring (bicyclic) bond motifs is 13. The van der Waals surface area contributed by atoms with E-state index in [9.17, 15) is 0 Å². The Morgan fingerprint density at radius 1 is 0.365 bits per heavy atom. The summed E-state index contributed by atoms with van der Waals surface area (Å²) in [5.74, 6) is 1.82. The lowest BCUT2D eigenvalue weighted by Crippen LogP contribution is -2.01. The minimum atomic E-state index is 0.586. The number of para-hydroxylation sites is 2. The summed E-state index contributed by atoms with van der Waals surface area (Å²) in [6.07, 6.45) is 0. The zero-order chi connectivity index (χ0) is 41.2. The third kappa shape index (κ3) is 5.25. The highest BCUT2D eigenvalue weighted by atomic mass is 32.1. The molecule has 5 nitrogen and oxygen atoms in total. The molecule has 4 aromatic heterocycles. The first kappa shape index (κ1) is 34.5. The van der Waals surface area contributed by atoms with Gasteiger partial charge in [-0.2, -0.15) is 0 Å². The normalized spacial score (nSPS) is 12.1. The number of nitrogens with zero attached hydrogens (tertiary/aromatic N) is 4. The van der Waals surface area contributed by atoms with E-state index in [-0.39, 0.29) is 0 Å². The van der Waals surface area contributed by atoms with Crippen LogP contribution >= 0.6 is 11.3 Å². The van der Waals surface area contributed by atoms with Crippen LogP contribution in [0.25, 0.3) is 136 Å². The van der Waals surface area contributed by atoms with E-state index in [4.69, 9.17) is 19.4 Å². The van der Waals surface area contributed by atoms with Crippen molar-refractivity contribution in [3.8, 4) is 39.9 Å². The van der Waals surface area contributed by atoms with E-state index in [1.165, 1.54) is 47.1 Å². The van der Waals surface area contributed by atoms with Crippen LogP contribution < -0.4 is 0 Å². The van der Waals surface area contributed by atoms with E-state index in [2.05, 4.69) is 187 Å². The molecule has 10 aromatic carbocycles. The second kappa shape index (κ2) is 13.2. The van der Waals surface area contributed by atoms with Crippen molar-refractivity contribution in [3.05, 3.63) is 194 Å². The Labute approximate surface area is 363 Å². The van der Waals surface area contributed by atoms with Gasteiger partial charge in [-0.25, -0.2) is 15.0 Å². The Balaban J connectivity index is 1.04. The van der Waals surface area contributed by atoms with Crippen molar-refractivity contribution in [1.29, 1.82) is 0 Å². The number of hydrogen-bond donors (Lipinski definition) is 0. The molecule has 0 aliphatic rings. The molecule has 0 aliphatic carbocycles. The fourth-order valence-corrected chi connectivity index (χ4v) is 11.0. The molecule has 4 heterocycles. The molecular formula is C57H32N4OS. The van der Waals surface area contributed by atoms with Crippen molar-refractivity contribution in [1.82, 2.24) is 19.5 Å². The van der Waals surface area contributed by atoms with E-state index in [1.54, 1.807) is 11.3 Å². The van der Waals surface area contributed by atoms with Crippen LogP contribution in [0.2, 0.25) is 0 Å².